The lowest BCUT2D eigenvalue weighted by atomic mass is 10.1. The molecule has 21 heavy (non-hydrogen) atoms. The van der Waals surface area contributed by atoms with Crippen LogP contribution in [0.25, 0.3) is 0 Å². The molecule has 0 heterocycles. The zero-order valence-corrected chi connectivity index (χ0v) is 14.5. The minimum absolute atomic E-state index is 0.152. The highest BCUT2D eigenvalue weighted by molar-refractivity contribution is 7.89. The fourth-order valence-electron chi connectivity index (χ4n) is 2.27. The van der Waals surface area contributed by atoms with Gasteiger partial charge in [-0.3, -0.25) is 0 Å². The number of hydrogen-bond acceptors (Lipinski definition) is 3. The SMILES string of the molecule is CCC(C)CN(CC)S(=O)(=O)c1cc(CO)cc(C)c1C. The maximum Gasteiger partial charge on any atom is 0.243 e. The number of sulfonamides is 1. The van der Waals surface area contributed by atoms with Gasteiger partial charge in [0.1, 0.15) is 0 Å². The molecule has 1 N–H and O–H groups in total. The molecule has 0 radical (unpaired) electrons. The molecule has 0 fully saturated rings. The van der Waals surface area contributed by atoms with E-state index >= 15 is 0 Å². The summed E-state index contributed by atoms with van der Waals surface area (Å²) in [5.41, 5.74) is 2.28. The molecule has 120 valence electrons. The van der Waals surface area contributed by atoms with Crippen molar-refractivity contribution >= 4 is 10.0 Å². The predicted molar refractivity (Wildman–Crippen MR) is 85.7 cm³/mol. The normalized spacial score (nSPS) is 13.7. The Labute approximate surface area is 128 Å². The summed E-state index contributed by atoms with van der Waals surface area (Å²) in [4.78, 5) is 0.316. The summed E-state index contributed by atoms with van der Waals surface area (Å²) in [6, 6.07) is 3.43. The molecule has 1 atom stereocenters. The van der Waals surface area contributed by atoms with Crippen molar-refractivity contribution in [3.05, 3.63) is 28.8 Å². The summed E-state index contributed by atoms with van der Waals surface area (Å²) in [5.74, 6) is 0.321. The molecule has 1 rings (SSSR count). The van der Waals surface area contributed by atoms with Gasteiger partial charge in [-0.1, -0.05) is 33.3 Å². The maximum atomic E-state index is 12.9. The topological polar surface area (TPSA) is 57.6 Å². The number of aryl methyl sites for hydroxylation is 1. The van der Waals surface area contributed by atoms with E-state index in [-0.39, 0.29) is 6.61 Å². The van der Waals surface area contributed by atoms with Crippen LogP contribution >= 0.6 is 0 Å². The molecule has 4 nitrogen and oxygen atoms in total. The number of nitrogens with zero attached hydrogens (tertiary/aromatic N) is 1. The van der Waals surface area contributed by atoms with Crippen molar-refractivity contribution in [3.8, 4) is 0 Å². The van der Waals surface area contributed by atoms with Gasteiger partial charge in [0.25, 0.3) is 0 Å². The molecular weight excluding hydrogens is 286 g/mol. The molecule has 0 bridgehead atoms. The molecule has 0 aliphatic carbocycles. The van der Waals surface area contributed by atoms with E-state index in [0.717, 1.165) is 17.5 Å². The third-order valence-electron chi connectivity index (χ3n) is 4.04. The summed E-state index contributed by atoms with van der Waals surface area (Å²) >= 11 is 0. The van der Waals surface area contributed by atoms with E-state index in [2.05, 4.69) is 13.8 Å². The van der Waals surface area contributed by atoms with E-state index in [9.17, 15) is 13.5 Å². The van der Waals surface area contributed by atoms with E-state index in [0.29, 0.717) is 29.5 Å². The van der Waals surface area contributed by atoms with Crippen molar-refractivity contribution in [1.29, 1.82) is 0 Å². The molecule has 1 unspecified atom stereocenters. The number of aliphatic hydroxyl groups excluding tert-OH is 1. The molecule has 0 spiro atoms. The Hall–Kier alpha value is -0.910. The third-order valence-corrected chi connectivity index (χ3v) is 6.11. The van der Waals surface area contributed by atoms with Gasteiger partial charge in [-0.05, 0) is 42.5 Å². The van der Waals surface area contributed by atoms with Crippen LogP contribution in [-0.4, -0.2) is 30.9 Å². The number of hydrogen-bond donors (Lipinski definition) is 1. The van der Waals surface area contributed by atoms with Crippen LogP contribution in [0.15, 0.2) is 17.0 Å². The second-order valence-electron chi connectivity index (χ2n) is 5.66. The lowest BCUT2D eigenvalue weighted by molar-refractivity contribution is 0.281. The molecule has 0 saturated heterocycles. The quantitative estimate of drug-likeness (QED) is 0.842. The standard InChI is InChI=1S/C16H27NO3S/c1-6-12(3)10-17(7-2)21(19,20)16-9-15(11-18)8-13(4)14(16)5/h8-9,12,18H,6-7,10-11H2,1-5H3. The lowest BCUT2D eigenvalue weighted by Gasteiger charge is -2.25. The Kier molecular flexibility index (Phi) is 6.38. The van der Waals surface area contributed by atoms with Gasteiger partial charge in [0, 0.05) is 13.1 Å². The lowest BCUT2D eigenvalue weighted by Crippen LogP contribution is -2.35. The van der Waals surface area contributed by atoms with E-state index in [1.807, 2.05) is 26.8 Å². The fourth-order valence-corrected chi connectivity index (χ4v) is 4.19. The third kappa shape index (κ3) is 4.05. The zero-order valence-electron chi connectivity index (χ0n) is 13.7. The summed E-state index contributed by atoms with van der Waals surface area (Å²) in [7, 11) is -3.52. The smallest absolute Gasteiger partial charge is 0.243 e. The van der Waals surface area contributed by atoms with Crippen molar-refractivity contribution in [1.82, 2.24) is 4.31 Å². The second kappa shape index (κ2) is 7.38. The van der Waals surface area contributed by atoms with Crippen LogP contribution in [0.4, 0.5) is 0 Å². The number of benzene rings is 1. The Balaban J connectivity index is 3.31. The van der Waals surface area contributed by atoms with Crippen LogP contribution in [0.3, 0.4) is 0 Å². The van der Waals surface area contributed by atoms with Crippen LogP contribution < -0.4 is 0 Å². The van der Waals surface area contributed by atoms with Crippen LogP contribution in [0.1, 0.15) is 43.9 Å². The Morgan fingerprint density at radius 2 is 1.86 bits per heavy atom. The summed E-state index contributed by atoms with van der Waals surface area (Å²) in [5, 5.41) is 9.31. The van der Waals surface area contributed by atoms with E-state index in [1.54, 1.807) is 6.07 Å². The molecule has 1 aromatic rings. The zero-order chi connectivity index (χ0) is 16.2. The summed E-state index contributed by atoms with van der Waals surface area (Å²) < 4.78 is 27.3. The number of aliphatic hydroxyl groups is 1. The second-order valence-corrected chi connectivity index (χ2v) is 7.57. The molecule has 0 aliphatic heterocycles. The molecule has 1 aromatic carbocycles. The van der Waals surface area contributed by atoms with Crippen LogP contribution in [0, 0.1) is 19.8 Å². The number of rotatable bonds is 7. The van der Waals surface area contributed by atoms with Gasteiger partial charge in [-0.2, -0.15) is 4.31 Å². The first-order valence-electron chi connectivity index (χ1n) is 7.49. The minimum atomic E-state index is -3.52. The Morgan fingerprint density at radius 3 is 2.33 bits per heavy atom. The monoisotopic (exact) mass is 313 g/mol. The van der Waals surface area contributed by atoms with Gasteiger partial charge in [-0.15, -0.1) is 0 Å². The van der Waals surface area contributed by atoms with Crippen LogP contribution in [0.5, 0.6) is 0 Å². The maximum absolute atomic E-state index is 12.9. The molecule has 5 heteroatoms. The van der Waals surface area contributed by atoms with Crippen molar-refractivity contribution in [2.24, 2.45) is 5.92 Å². The van der Waals surface area contributed by atoms with Crippen molar-refractivity contribution in [2.45, 2.75) is 52.5 Å². The van der Waals surface area contributed by atoms with Gasteiger partial charge in [0.15, 0.2) is 0 Å². The van der Waals surface area contributed by atoms with Crippen molar-refractivity contribution < 1.29 is 13.5 Å². The summed E-state index contributed by atoms with van der Waals surface area (Å²) in [6.07, 6.45) is 0.945. The predicted octanol–water partition coefficient (Wildman–Crippen LogP) is 2.85. The van der Waals surface area contributed by atoms with Crippen LogP contribution in [0.2, 0.25) is 0 Å². The average Bonchev–Trinajstić information content (AvgIpc) is 2.46. The van der Waals surface area contributed by atoms with E-state index in [1.165, 1.54) is 4.31 Å². The van der Waals surface area contributed by atoms with Gasteiger partial charge in [0.05, 0.1) is 11.5 Å². The first-order chi connectivity index (χ1) is 9.77. The van der Waals surface area contributed by atoms with E-state index < -0.39 is 10.0 Å². The highest BCUT2D eigenvalue weighted by atomic mass is 32.2. The fraction of sp³-hybridized carbons (Fsp3) is 0.625. The van der Waals surface area contributed by atoms with Crippen LogP contribution in [-0.2, 0) is 16.6 Å². The van der Waals surface area contributed by atoms with Crippen molar-refractivity contribution in [3.63, 3.8) is 0 Å². The van der Waals surface area contributed by atoms with Gasteiger partial charge in [0.2, 0.25) is 10.0 Å². The highest BCUT2D eigenvalue weighted by Gasteiger charge is 2.26. The van der Waals surface area contributed by atoms with Crippen molar-refractivity contribution in [2.75, 3.05) is 13.1 Å². The molecule has 0 aliphatic rings. The largest absolute Gasteiger partial charge is 0.392 e. The highest BCUT2D eigenvalue weighted by Crippen LogP contribution is 2.25. The Morgan fingerprint density at radius 1 is 1.24 bits per heavy atom. The van der Waals surface area contributed by atoms with Gasteiger partial charge >= 0.3 is 0 Å². The first kappa shape index (κ1) is 18.1. The summed E-state index contributed by atoms with van der Waals surface area (Å²) in [6.45, 7) is 10.5. The van der Waals surface area contributed by atoms with Gasteiger partial charge in [-0.25, -0.2) is 8.42 Å². The van der Waals surface area contributed by atoms with E-state index in [4.69, 9.17) is 0 Å². The molecular formula is C16H27NO3S. The molecule has 0 amide bonds. The molecule has 0 saturated carbocycles. The first-order valence-corrected chi connectivity index (χ1v) is 8.93. The Bertz CT molecular complexity index is 581. The van der Waals surface area contributed by atoms with Gasteiger partial charge < -0.3 is 5.11 Å². The minimum Gasteiger partial charge on any atom is -0.392 e. The average molecular weight is 313 g/mol. The molecule has 0 aromatic heterocycles.